The molecule has 3 aromatic rings. The maximum atomic E-state index is 4.85. The Morgan fingerprint density at radius 2 is 1.77 bits per heavy atom. The molecular formula is C19H24N6S. The van der Waals surface area contributed by atoms with E-state index < -0.39 is 0 Å². The van der Waals surface area contributed by atoms with E-state index >= 15 is 0 Å². The number of aromatic nitrogens is 4. The zero-order valence-electron chi connectivity index (χ0n) is 15.5. The molecule has 1 saturated heterocycles. The maximum Gasteiger partial charge on any atom is 0.140 e. The third-order valence-electron chi connectivity index (χ3n) is 4.86. The van der Waals surface area contributed by atoms with Gasteiger partial charge in [-0.3, -0.25) is 9.47 Å². The van der Waals surface area contributed by atoms with Gasteiger partial charge in [0.25, 0.3) is 0 Å². The first kappa shape index (κ1) is 17.2. The molecule has 6 nitrogen and oxygen atoms in total. The van der Waals surface area contributed by atoms with Gasteiger partial charge in [0.15, 0.2) is 0 Å². The number of hydrogen-bond acceptors (Lipinski definition) is 6. The van der Waals surface area contributed by atoms with Crippen molar-refractivity contribution in [3.63, 3.8) is 0 Å². The summed E-state index contributed by atoms with van der Waals surface area (Å²) in [4.78, 5) is 20.0. The van der Waals surface area contributed by atoms with Crippen molar-refractivity contribution in [2.75, 3.05) is 31.1 Å². The van der Waals surface area contributed by atoms with Crippen molar-refractivity contribution in [3.8, 4) is 5.82 Å². The molecule has 0 unspecified atom stereocenters. The molecule has 0 atom stereocenters. The lowest BCUT2D eigenvalue weighted by atomic mass is 10.2. The quantitative estimate of drug-likeness (QED) is 0.709. The predicted molar refractivity (Wildman–Crippen MR) is 105 cm³/mol. The molecule has 0 amide bonds. The predicted octanol–water partition coefficient (Wildman–Crippen LogP) is 2.97. The van der Waals surface area contributed by atoms with Gasteiger partial charge >= 0.3 is 0 Å². The summed E-state index contributed by atoms with van der Waals surface area (Å²) in [5.74, 6) is 2.92. The van der Waals surface area contributed by atoms with Crippen LogP contribution in [0.2, 0.25) is 0 Å². The fourth-order valence-corrected chi connectivity index (χ4v) is 4.38. The fourth-order valence-electron chi connectivity index (χ4n) is 3.40. The smallest absolute Gasteiger partial charge is 0.140 e. The molecule has 0 saturated carbocycles. The van der Waals surface area contributed by atoms with Crippen LogP contribution in [0.25, 0.3) is 5.82 Å². The molecule has 0 spiro atoms. The summed E-state index contributed by atoms with van der Waals surface area (Å²) < 4.78 is 2.02. The first-order chi connectivity index (χ1) is 12.6. The van der Waals surface area contributed by atoms with Gasteiger partial charge in [0.1, 0.15) is 17.5 Å². The Labute approximate surface area is 158 Å². The minimum absolute atomic E-state index is 0.927. The summed E-state index contributed by atoms with van der Waals surface area (Å²) in [5, 5.41) is 1.16. The van der Waals surface area contributed by atoms with Crippen LogP contribution in [0.15, 0.2) is 30.6 Å². The molecule has 4 heterocycles. The third-order valence-corrected chi connectivity index (χ3v) is 5.91. The molecule has 0 aromatic carbocycles. The lowest BCUT2D eigenvalue weighted by Gasteiger charge is -2.35. The van der Waals surface area contributed by atoms with E-state index in [1.54, 1.807) is 0 Å². The van der Waals surface area contributed by atoms with Crippen LogP contribution >= 0.6 is 11.3 Å². The fraction of sp³-hybridized carbons (Fsp3) is 0.421. The molecule has 0 bridgehead atoms. The summed E-state index contributed by atoms with van der Waals surface area (Å²) in [6.07, 6.45) is 3.77. The van der Waals surface area contributed by atoms with Gasteiger partial charge in [0, 0.05) is 50.0 Å². The molecule has 3 aromatic heterocycles. The van der Waals surface area contributed by atoms with Gasteiger partial charge in [-0.05, 0) is 32.9 Å². The van der Waals surface area contributed by atoms with E-state index in [-0.39, 0.29) is 0 Å². The Morgan fingerprint density at radius 1 is 1.00 bits per heavy atom. The van der Waals surface area contributed by atoms with Crippen LogP contribution in [-0.2, 0) is 6.54 Å². The number of imidazole rings is 1. The minimum atomic E-state index is 0.927. The lowest BCUT2D eigenvalue weighted by molar-refractivity contribution is 0.251. The summed E-state index contributed by atoms with van der Waals surface area (Å²) in [5.41, 5.74) is 1.18. The van der Waals surface area contributed by atoms with Gasteiger partial charge in [0.05, 0.1) is 10.7 Å². The van der Waals surface area contributed by atoms with Crippen LogP contribution in [0.5, 0.6) is 0 Å². The Kier molecular flexibility index (Phi) is 4.74. The van der Waals surface area contributed by atoms with Crippen molar-refractivity contribution >= 4 is 17.2 Å². The van der Waals surface area contributed by atoms with E-state index in [2.05, 4.69) is 45.7 Å². The standard InChI is InChI=1S/C19H24N6S/c1-14-17(26-16(3)21-14)13-23-9-11-24(12-10-23)18-5-4-6-19(22-18)25-8-7-20-15(25)2/h4-8H,9-13H2,1-3H3. The van der Waals surface area contributed by atoms with E-state index in [1.807, 2.05) is 41.3 Å². The zero-order valence-corrected chi connectivity index (χ0v) is 16.3. The van der Waals surface area contributed by atoms with Crippen LogP contribution in [-0.4, -0.2) is 50.6 Å². The number of piperazine rings is 1. The van der Waals surface area contributed by atoms with Gasteiger partial charge in [0.2, 0.25) is 0 Å². The summed E-state index contributed by atoms with van der Waals surface area (Å²) in [7, 11) is 0. The van der Waals surface area contributed by atoms with E-state index in [4.69, 9.17) is 4.98 Å². The molecule has 7 heteroatoms. The molecular weight excluding hydrogens is 344 g/mol. The third kappa shape index (κ3) is 3.50. The molecule has 4 rings (SSSR count). The lowest BCUT2D eigenvalue weighted by Crippen LogP contribution is -2.46. The van der Waals surface area contributed by atoms with Crippen LogP contribution in [0.3, 0.4) is 0 Å². The maximum absolute atomic E-state index is 4.85. The van der Waals surface area contributed by atoms with Crippen molar-refractivity contribution < 1.29 is 0 Å². The normalized spacial score (nSPS) is 15.6. The summed E-state index contributed by atoms with van der Waals surface area (Å²) in [6, 6.07) is 6.21. The Balaban J connectivity index is 1.42. The average Bonchev–Trinajstić information content (AvgIpc) is 3.20. The Hall–Kier alpha value is -2.25. The van der Waals surface area contributed by atoms with Gasteiger partial charge < -0.3 is 4.90 Å². The van der Waals surface area contributed by atoms with Crippen LogP contribution in [0.1, 0.15) is 21.4 Å². The number of hydrogen-bond donors (Lipinski definition) is 0. The molecule has 136 valence electrons. The van der Waals surface area contributed by atoms with E-state index in [0.717, 1.165) is 55.2 Å². The van der Waals surface area contributed by atoms with Crippen molar-refractivity contribution in [1.29, 1.82) is 0 Å². The first-order valence-electron chi connectivity index (χ1n) is 8.98. The van der Waals surface area contributed by atoms with Crippen molar-refractivity contribution in [1.82, 2.24) is 24.4 Å². The summed E-state index contributed by atoms with van der Waals surface area (Å²) >= 11 is 1.82. The zero-order chi connectivity index (χ0) is 18.1. The Bertz CT molecular complexity index is 891. The van der Waals surface area contributed by atoms with Gasteiger partial charge in [-0.25, -0.2) is 15.0 Å². The monoisotopic (exact) mass is 368 g/mol. The second-order valence-corrected chi connectivity index (χ2v) is 7.99. The van der Waals surface area contributed by atoms with Crippen molar-refractivity contribution in [3.05, 3.63) is 52.0 Å². The van der Waals surface area contributed by atoms with E-state index in [1.165, 1.54) is 10.6 Å². The highest BCUT2D eigenvalue weighted by molar-refractivity contribution is 7.11. The van der Waals surface area contributed by atoms with Gasteiger partial charge in [-0.1, -0.05) is 6.07 Å². The number of thiazole rings is 1. The van der Waals surface area contributed by atoms with Gasteiger partial charge in [-0.2, -0.15) is 0 Å². The highest BCUT2D eigenvalue weighted by Gasteiger charge is 2.20. The van der Waals surface area contributed by atoms with E-state index in [0.29, 0.717) is 0 Å². The number of pyridine rings is 1. The van der Waals surface area contributed by atoms with Gasteiger partial charge in [-0.15, -0.1) is 11.3 Å². The van der Waals surface area contributed by atoms with E-state index in [9.17, 15) is 0 Å². The molecule has 1 aliphatic rings. The second kappa shape index (κ2) is 7.17. The Morgan fingerprint density at radius 3 is 2.42 bits per heavy atom. The SMILES string of the molecule is Cc1nc(C)c(CN2CCN(c3cccc(-n4ccnc4C)n3)CC2)s1. The molecule has 0 N–H and O–H groups in total. The number of aryl methyl sites for hydroxylation is 3. The molecule has 1 fully saturated rings. The van der Waals surface area contributed by atoms with Crippen LogP contribution < -0.4 is 4.90 Å². The van der Waals surface area contributed by atoms with Crippen molar-refractivity contribution in [2.24, 2.45) is 0 Å². The molecule has 0 radical (unpaired) electrons. The highest BCUT2D eigenvalue weighted by atomic mass is 32.1. The average molecular weight is 369 g/mol. The highest BCUT2D eigenvalue weighted by Crippen LogP contribution is 2.21. The number of rotatable bonds is 4. The molecule has 1 aliphatic heterocycles. The molecule has 0 aliphatic carbocycles. The first-order valence-corrected chi connectivity index (χ1v) is 9.79. The van der Waals surface area contributed by atoms with Crippen LogP contribution in [0.4, 0.5) is 5.82 Å². The number of anilines is 1. The minimum Gasteiger partial charge on any atom is -0.354 e. The topological polar surface area (TPSA) is 50.1 Å². The largest absolute Gasteiger partial charge is 0.354 e. The summed E-state index contributed by atoms with van der Waals surface area (Å²) in [6.45, 7) is 11.3. The second-order valence-electron chi connectivity index (χ2n) is 6.70. The van der Waals surface area contributed by atoms with Crippen LogP contribution in [0, 0.1) is 20.8 Å². The molecule has 26 heavy (non-hydrogen) atoms. The van der Waals surface area contributed by atoms with Crippen molar-refractivity contribution in [2.45, 2.75) is 27.3 Å². The number of nitrogens with zero attached hydrogens (tertiary/aromatic N) is 6.